The molecule has 1 aromatic rings. The van der Waals surface area contributed by atoms with Crippen LogP contribution in [0.1, 0.15) is 18.9 Å². The van der Waals surface area contributed by atoms with Gasteiger partial charge in [0.1, 0.15) is 5.75 Å². The predicted octanol–water partition coefficient (Wildman–Crippen LogP) is 2.40. The molecule has 7 nitrogen and oxygen atoms in total. The lowest BCUT2D eigenvalue weighted by Crippen LogP contribution is -2.45. The molecule has 1 aliphatic heterocycles. The molecule has 1 saturated heterocycles. The second kappa shape index (κ2) is 10.4. The number of nitrogens with zero attached hydrogens (tertiary/aromatic N) is 2. The Hall–Kier alpha value is -2.36. The zero-order chi connectivity index (χ0) is 21.4. The van der Waals surface area contributed by atoms with Gasteiger partial charge in [0.2, 0.25) is 0 Å². The first-order chi connectivity index (χ1) is 13.8. The van der Waals surface area contributed by atoms with Crippen LogP contribution >= 0.6 is 0 Å². The normalized spacial score (nSPS) is 17.9. The standard InChI is InChI=1S/C19H29F3N4O3/c1-5-23-18(25-14-6-7-26(11-14)12-19(20,21)22)24-10-13-8-16(28-3)17(29-4)9-15(13)27-2/h8-9,14H,5-7,10-12H2,1-4H3,(H2,23,24,25). The van der Waals surface area contributed by atoms with Crippen LogP contribution in [0.4, 0.5) is 13.2 Å². The van der Waals surface area contributed by atoms with Crippen LogP contribution in [0.15, 0.2) is 17.1 Å². The number of guanidine groups is 1. The van der Waals surface area contributed by atoms with Gasteiger partial charge in [0.15, 0.2) is 17.5 Å². The minimum atomic E-state index is -4.18. The van der Waals surface area contributed by atoms with Gasteiger partial charge in [-0.1, -0.05) is 0 Å². The molecule has 1 aliphatic rings. The van der Waals surface area contributed by atoms with E-state index in [1.54, 1.807) is 33.5 Å². The summed E-state index contributed by atoms with van der Waals surface area (Å²) in [5, 5.41) is 6.36. The number of ether oxygens (including phenoxy) is 3. The van der Waals surface area contributed by atoms with Gasteiger partial charge in [-0.25, -0.2) is 4.99 Å². The van der Waals surface area contributed by atoms with Crippen LogP contribution in [0, 0.1) is 0 Å². The molecule has 1 fully saturated rings. The second-order valence-corrected chi connectivity index (χ2v) is 6.69. The highest BCUT2D eigenvalue weighted by atomic mass is 19.4. The van der Waals surface area contributed by atoms with E-state index < -0.39 is 12.7 Å². The van der Waals surface area contributed by atoms with Crippen molar-refractivity contribution in [1.29, 1.82) is 0 Å². The summed E-state index contributed by atoms with van der Waals surface area (Å²) in [6, 6.07) is 3.43. The van der Waals surface area contributed by atoms with Crippen LogP contribution in [-0.2, 0) is 6.54 Å². The van der Waals surface area contributed by atoms with Gasteiger partial charge in [0.05, 0.1) is 34.4 Å². The highest BCUT2D eigenvalue weighted by Gasteiger charge is 2.34. The smallest absolute Gasteiger partial charge is 0.401 e. The predicted molar refractivity (Wildman–Crippen MR) is 105 cm³/mol. The van der Waals surface area contributed by atoms with Crippen molar-refractivity contribution in [3.8, 4) is 17.2 Å². The molecule has 0 spiro atoms. The zero-order valence-corrected chi connectivity index (χ0v) is 17.2. The first kappa shape index (κ1) is 22.9. The molecule has 0 aliphatic carbocycles. The van der Waals surface area contributed by atoms with E-state index in [2.05, 4.69) is 15.6 Å². The molecule has 164 valence electrons. The summed E-state index contributed by atoms with van der Waals surface area (Å²) in [7, 11) is 4.66. The van der Waals surface area contributed by atoms with E-state index in [1.165, 1.54) is 4.90 Å². The molecule has 1 atom stereocenters. The Morgan fingerprint density at radius 2 is 1.79 bits per heavy atom. The van der Waals surface area contributed by atoms with Crippen molar-refractivity contribution >= 4 is 5.96 Å². The minimum absolute atomic E-state index is 0.0950. The molecule has 2 rings (SSSR count). The lowest BCUT2D eigenvalue weighted by molar-refractivity contribution is -0.143. The monoisotopic (exact) mass is 418 g/mol. The topological polar surface area (TPSA) is 67.4 Å². The van der Waals surface area contributed by atoms with Crippen molar-refractivity contribution in [2.45, 2.75) is 32.1 Å². The zero-order valence-electron chi connectivity index (χ0n) is 17.2. The number of alkyl halides is 3. The third-order valence-corrected chi connectivity index (χ3v) is 4.55. The van der Waals surface area contributed by atoms with Crippen molar-refractivity contribution < 1.29 is 27.4 Å². The maximum absolute atomic E-state index is 12.6. The van der Waals surface area contributed by atoms with Gasteiger partial charge >= 0.3 is 6.18 Å². The van der Waals surface area contributed by atoms with Gasteiger partial charge in [-0.05, 0) is 19.4 Å². The van der Waals surface area contributed by atoms with E-state index in [4.69, 9.17) is 14.2 Å². The lowest BCUT2D eigenvalue weighted by atomic mass is 10.1. The van der Waals surface area contributed by atoms with Crippen molar-refractivity contribution in [2.24, 2.45) is 4.99 Å². The Morgan fingerprint density at radius 1 is 1.14 bits per heavy atom. The molecule has 0 aromatic heterocycles. The second-order valence-electron chi connectivity index (χ2n) is 6.69. The first-order valence-electron chi connectivity index (χ1n) is 9.42. The average molecular weight is 418 g/mol. The van der Waals surface area contributed by atoms with Crippen LogP contribution in [0.2, 0.25) is 0 Å². The number of hydrogen-bond acceptors (Lipinski definition) is 5. The highest BCUT2D eigenvalue weighted by Crippen LogP contribution is 2.34. The van der Waals surface area contributed by atoms with Crippen LogP contribution in [-0.4, -0.2) is 70.6 Å². The Bertz CT molecular complexity index is 698. The van der Waals surface area contributed by atoms with E-state index in [1.807, 2.05) is 6.92 Å². The molecular weight excluding hydrogens is 389 g/mol. The van der Waals surface area contributed by atoms with E-state index in [0.29, 0.717) is 55.8 Å². The molecule has 2 N–H and O–H groups in total. The number of likely N-dealkylation sites (tertiary alicyclic amines) is 1. The molecule has 10 heteroatoms. The van der Waals surface area contributed by atoms with Crippen LogP contribution in [0.5, 0.6) is 17.2 Å². The fourth-order valence-electron chi connectivity index (χ4n) is 3.24. The number of methoxy groups -OCH3 is 3. The molecule has 0 radical (unpaired) electrons. The number of nitrogens with one attached hydrogen (secondary N) is 2. The molecule has 1 heterocycles. The van der Waals surface area contributed by atoms with Gasteiger partial charge in [0, 0.05) is 37.3 Å². The molecule has 29 heavy (non-hydrogen) atoms. The Morgan fingerprint density at radius 3 is 2.38 bits per heavy atom. The Kier molecular flexibility index (Phi) is 8.24. The fraction of sp³-hybridized carbons (Fsp3) is 0.632. The minimum Gasteiger partial charge on any atom is -0.496 e. The van der Waals surface area contributed by atoms with Gasteiger partial charge in [0.25, 0.3) is 0 Å². The summed E-state index contributed by atoms with van der Waals surface area (Å²) in [5.41, 5.74) is 0.799. The van der Waals surface area contributed by atoms with Crippen LogP contribution in [0.3, 0.4) is 0 Å². The number of hydrogen-bond donors (Lipinski definition) is 2. The van der Waals surface area contributed by atoms with Gasteiger partial charge in [-0.3, -0.25) is 4.90 Å². The molecule has 0 saturated carbocycles. The maximum Gasteiger partial charge on any atom is 0.401 e. The van der Waals surface area contributed by atoms with Crippen LogP contribution < -0.4 is 24.8 Å². The van der Waals surface area contributed by atoms with Crippen molar-refractivity contribution in [3.05, 3.63) is 17.7 Å². The molecule has 0 amide bonds. The summed E-state index contributed by atoms with van der Waals surface area (Å²) >= 11 is 0. The molecule has 1 aromatic carbocycles. The van der Waals surface area contributed by atoms with Crippen molar-refractivity contribution in [3.63, 3.8) is 0 Å². The third-order valence-electron chi connectivity index (χ3n) is 4.55. The largest absolute Gasteiger partial charge is 0.496 e. The van der Waals surface area contributed by atoms with Crippen molar-refractivity contribution in [2.75, 3.05) is 47.5 Å². The summed E-state index contributed by atoms with van der Waals surface area (Å²) in [5.74, 6) is 2.27. The average Bonchev–Trinajstić information content (AvgIpc) is 3.10. The molecule has 1 unspecified atom stereocenters. The number of aliphatic imine (C=N–C) groups is 1. The quantitative estimate of drug-likeness (QED) is 0.499. The van der Waals surface area contributed by atoms with Gasteiger partial charge in [-0.15, -0.1) is 0 Å². The third kappa shape index (κ3) is 6.88. The van der Waals surface area contributed by atoms with Gasteiger partial charge in [-0.2, -0.15) is 13.2 Å². The number of halogens is 3. The Labute approximate surface area is 169 Å². The SMILES string of the molecule is CCNC(=NCc1cc(OC)c(OC)cc1OC)NC1CCN(CC(F)(F)F)C1. The summed E-state index contributed by atoms with van der Waals surface area (Å²) in [4.78, 5) is 5.97. The summed E-state index contributed by atoms with van der Waals surface area (Å²) < 4.78 is 53.8. The van der Waals surface area contributed by atoms with Gasteiger partial charge < -0.3 is 24.8 Å². The van der Waals surface area contributed by atoms with Crippen molar-refractivity contribution in [1.82, 2.24) is 15.5 Å². The number of benzene rings is 1. The van der Waals surface area contributed by atoms with E-state index >= 15 is 0 Å². The number of rotatable bonds is 8. The Balaban J connectivity index is 2.08. The highest BCUT2D eigenvalue weighted by molar-refractivity contribution is 5.80. The lowest BCUT2D eigenvalue weighted by Gasteiger charge is -2.20. The molecule has 0 bridgehead atoms. The summed E-state index contributed by atoms with van der Waals surface area (Å²) in [6.07, 6.45) is -3.56. The maximum atomic E-state index is 12.6. The van der Waals surface area contributed by atoms with E-state index in [9.17, 15) is 13.2 Å². The first-order valence-corrected chi connectivity index (χ1v) is 9.42. The van der Waals surface area contributed by atoms with E-state index in [-0.39, 0.29) is 6.04 Å². The fourth-order valence-corrected chi connectivity index (χ4v) is 3.24. The van der Waals surface area contributed by atoms with Crippen LogP contribution in [0.25, 0.3) is 0 Å². The van der Waals surface area contributed by atoms with E-state index in [0.717, 1.165) is 5.56 Å². The summed E-state index contributed by atoms with van der Waals surface area (Å²) in [6.45, 7) is 2.70. The molecular formula is C19H29F3N4O3.